The third kappa shape index (κ3) is 3.93. The normalized spacial score (nSPS) is 20.5. The van der Waals surface area contributed by atoms with Gasteiger partial charge in [-0.25, -0.2) is 4.98 Å². The van der Waals surface area contributed by atoms with Crippen molar-refractivity contribution >= 4 is 16.5 Å². The highest BCUT2D eigenvalue weighted by Gasteiger charge is 2.28. The van der Waals surface area contributed by atoms with Crippen LogP contribution in [0.4, 0.5) is 5.13 Å². The van der Waals surface area contributed by atoms with E-state index >= 15 is 0 Å². The summed E-state index contributed by atoms with van der Waals surface area (Å²) in [6.07, 6.45) is 5.84. The van der Waals surface area contributed by atoms with Gasteiger partial charge in [-0.15, -0.1) is 11.3 Å². The van der Waals surface area contributed by atoms with Gasteiger partial charge < -0.3 is 10.2 Å². The third-order valence-corrected chi connectivity index (χ3v) is 5.05. The lowest BCUT2D eigenvalue weighted by Gasteiger charge is -2.37. The molecule has 1 atom stereocenters. The minimum atomic E-state index is 0.420. The van der Waals surface area contributed by atoms with Crippen LogP contribution in [0.5, 0.6) is 0 Å². The molecule has 0 radical (unpaired) electrons. The van der Waals surface area contributed by atoms with Gasteiger partial charge in [0.2, 0.25) is 0 Å². The van der Waals surface area contributed by atoms with Crippen LogP contribution >= 0.6 is 11.3 Å². The van der Waals surface area contributed by atoms with Crippen molar-refractivity contribution in [3.63, 3.8) is 0 Å². The van der Waals surface area contributed by atoms with E-state index in [1.54, 1.807) is 0 Å². The van der Waals surface area contributed by atoms with Crippen LogP contribution in [0.2, 0.25) is 0 Å². The molecule has 1 aromatic rings. The number of anilines is 1. The highest BCUT2D eigenvalue weighted by atomic mass is 32.1. The maximum absolute atomic E-state index is 4.64. The van der Waals surface area contributed by atoms with Crippen LogP contribution in [0.3, 0.4) is 0 Å². The number of piperidine rings is 1. The predicted molar refractivity (Wildman–Crippen MR) is 84.1 cm³/mol. The number of hydrogen-bond acceptors (Lipinski definition) is 4. The largest absolute Gasteiger partial charge is 0.348 e. The lowest BCUT2D eigenvalue weighted by atomic mass is 9.84. The number of nitrogens with zero attached hydrogens (tertiary/aromatic N) is 2. The number of hydrogen-bond donors (Lipinski definition) is 1. The Morgan fingerprint density at radius 2 is 2.32 bits per heavy atom. The zero-order chi connectivity index (χ0) is 13.9. The summed E-state index contributed by atoms with van der Waals surface area (Å²) in [6, 6.07) is 0.420. The first kappa shape index (κ1) is 14.8. The Kier molecular flexibility index (Phi) is 4.85. The van der Waals surface area contributed by atoms with Gasteiger partial charge in [0.25, 0.3) is 0 Å². The van der Waals surface area contributed by atoms with Crippen LogP contribution in [0, 0.1) is 5.41 Å². The van der Waals surface area contributed by atoms with Gasteiger partial charge in [-0.3, -0.25) is 0 Å². The molecular weight excluding hydrogens is 254 g/mol. The molecule has 2 rings (SSSR count). The standard InChI is InChI=1S/C15H27N3S/c1-5-8-16-12(2)13-10-17-14(19-13)18-9-6-7-15(3,4)11-18/h10,12,16H,5-9,11H2,1-4H3. The lowest BCUT2D eigenvalue weighted by Crippen LogP contribution is -2.40. The Labute approximate surface area is 121 Å². The molecule has 1 saturated heterocycles. The van der Waals surface area contributed by atoms with Gasteiger partial charge >= 0.3 is 0 Å². The first-order chi connectivity index (χ1) is 9.02. The van der Waals surface area contributed by atoms with E-state index in [-0.39, 0.29) is 0 Å². The van der Waals surface area contributed by atoms with E-state index in [4.69, 9.17) is 0 Å². The molecule has 0 spiro atoms. The molecule has 1 fully saturated rings. The summed E-state index contributed by atoms with van der Waals surface area (Å²) in [5.41, 5.74) is 0.427. The fourth-order valence-corrected chi connectivity index (χ4v) is 3.64. The van der Waals surface area contributed by atoms with Gasteiger partial charge in [0.1, 0.15) is 0 Å². The topological polar surface area (TPSA) is 28.2 Å². The van der Waals surface area contributed by atoms with Gasteiger partial charge in [0.15, 0.2) is 5.13 Å². The van der Waals surface area contributed by atoms with Crippen LogP contribution in [-0.4, -0.2) is 24.6 Å². The Morgan fingerprint density at radius 1 is 1.53 bits per heavy atom. The quantitative estimate of drug-likeness (QED) is 0.889. The molecule has 0 aromatic carbocycles. The summed E-state index contributed by atoms with van der Waals surface area (Å²) >= 11 is 1.85. The van der Waals surface area contributed by atoms with E-state index in [1.807, 2.05) is 11.3 Å². The zero-order valence-corrected chi connectivity index (χ0v) is 13.5. The van der Waals surface area contributed by atoms with Crippen molar-refractivity contribution < 1.29 is 0 Å². The first-order valence-electron chi connectivity index (χ1n) is 7.46. The second-order valence-corrected chi connectivity index (χ2v) is 7.45. The van der Waals surface area contributed by atoms with E-state index in [0.717, 1.165) is 19.6 Å². The van der Waals surface area contributed by atoms with Crippen molar-refractivity contribution in [1.82, 2.24) is 10.3 Å². The molecule has 3 nitrogen and oxygen atoms in total. The summed E-state index contributed by atoms with van der Waals surface area (Å²) in [7, 11) is 0. The van der Waals surface area contributed by atoms with Gasteiger partial charge in [-0.1, -0.05) is 20.8 Å². The molecular formula is C15H27N3S. The third-order valence-electron chi connectivity index (χ3n) is 3.81. The number of aromatic nitrogens is 1. The molecule has 1 unspecified atom stereocenters. The van der Waals surface area contributed by atoms with Crippen LogP contribution in [0.25, 0.3) is 0 Å². The minimum absolute atomic E-state index is 0.420. The van der Waals surface area contributed by atoms with Gasteiger partial charge in [-0.05, 0) is 38.1 Å². The number of nitrogens with one attached hydrogen (secondary N) is 1. The lowest BCUT2D eigenvalue weighted by molar-refractivity contribution is 0.293. The summed E-state index contributed by atoms with van der Waals surface area (Å²) in [5, 5.41) is 4.73. The number of rotatable bonds is 5. The second-order valence-electron chi connectivity index (χ2n) is 6.41. The molecule has 1 aromatic heterocycles. The SMILES string of the molecule is CCCNC(C)c1cnc(N2CCCC(C)(C)C2)s1. The molecule has 0 amide bonds. The van der Waals surface area contributed by atoms with Gasteiger partial charge in [0, 0.05) is 30.2 Å². The van der Waals surface area contributed by atoms with Gasteiger partial charge in [0.05, 0.1) is 0 Å². The van der Waals surface area contributed by atoms with Crippen molar-refractivity contribution in [2.75, 3.05) is 24.5 Å². The maximum Gasteiger partial charge on any atom is 0.185 e. The first-order valence-corrected chi connectivity index (χ1v) is 8.27. The van der Waals surface area contributed by atoms with E-state index < -0.39 is 0 Å². The van der Waals surface area contributed by atoms with Crippen molar-refractivity contribution in [3.8, 4) is 0 Å². The average Bonchev–Trinajstić information content (AvgIpc) is 2.84. The Bertz CT molecular complexity index is 400. The van der Waals surface area contributed by atoms with E-state index in [1.165, 1.54) is 29.3 Å². The monoisotopic (exact) mass is 281 g/mol. The minimum Gasteiger partial charge on any atom is -0.348 e. The number of thiazole rings is 1. The van der Waals surface area contributed by atoms with Crippen molar-refractivity contribution in [3.05, 3.63) is 11.1 Å². The Morgan fingerprint density at radius 3 is 3.00 bits per heavy atom. The Balaban J connectivity index is 2.00. The summed E-state index contributed by atoms with van der Waals surface area (Å²) in [4.78, 5) is 8.46. The highest BCUT2D eigenvalue weighted by Crippen LogP contribution is 2.34. The molecule has 1 aliphatic rings. The summed E-state index contributed by atoms with van der Waals surface area (Å²) < 4.78 is 0. The average molecular weight is 281 g/mol. The molecule has 1 N–H and O–H groups in total. The van der Waals surface area contributed by atoms with Crippen molar-refractivity contribution in [1.29, 1.82) is 0 Å². The summed E-state index contributed by atoms with van der Waals surface area (Å²) in [6.45, 7) is 12.5. The smallest absolute Gasteiger partial charge is 0.185 e. The molecule has 108 valence electrons. The fourth-order valence-electron chi connectivity index (χ4n) is 2.67. The molecule has 19 heavy (non-hydrogen) atoms. The fraction of sp³-hybridized carbons (Fsp3) is 0.800. The molecule has 4 heteroatoms. The molecule has 0 bridgehead atoms. The van der Waals surface area contributed by atoms with E-state index in [9.17, 15) is 0 Å². The highest BCUT2D eigenvalue weighted by molar-refractivity contribution is 7.15. The zero-order valence-electron chi connectivity index (χ0n) is 12.7. The van der Waals surface area contributed by atoms with Crippen LogP contribution < -0.4 is 10.2 Å². The van der Waals surface area contributed by atoms with Crippen LogP contribution in [0.15, 0.2) is 6.20 Å². The van der Waals surface area contributed by atoms with Gasteiger partial charge in [-0.2, -0.15) is 0 Å². The second kappa shape index (κ2) is 6.23. The summed E-state index contributed by atoms with van der Waals surface area (Å²) in [5.74, 6) is 0. The predicted octanol–water partition coefficient (Wildman–Crippen LogP) is 3.83. The maximum atomic E-state index is 4.64. The molecule has 2 heterocycles. The molecule has 1 aliphatic heterocycles. The van der Waals surface area contributed by atoms with Crippen LogP contribution in [-0.2, 0) is 0 Å². The van der Waals surface area contributed by atoms with E-state index in [0.29, 0.717) is 11.5 Å². The van der Waals surface area contributed by atoms with Crippen molar-refractivity contribution in [2.24, 2.45) is 5.41 Å². The van der Waals surface area contributed by atoms with Crippen LogP contribution in [0.1, 0.15) is 57.9 Å². The Hall–Kier alpha value is -0.610. The molecule has 0 saturated carbocycles. The van der Waals surface area contributed by atoms with Crippen molar-refractivity contribution in [2.45, 2.75) is 53.0 Å². The van der Waals surface area contributed by atoms with E-state index in [2.05, 4.69) is 49.1 Å². The molecule has 0 aliphatic carbocycles.